The lowest BCUT2D eigenvalue weighted by atomic mass is 10.1. The first kappa shape index (κ1) is 18.6. The molecule has 0 aromatic heterocycles. The van der Waals surface area contributed by atoms with Crippen LogP contribution in [0.25, 0.3) is 0 Å². The number of thioether (sulfide) groups is 1. The van der Waals surface area contributed by atoms with Gasteiger partial charge in [-0.1, -0.05) is 30.0 Å². The van der Waals surface area contributed by atoms with E-state index in [9.17, 15) is 9.90 Å². The molecule has 0 atom stereocenters. The average Bonchev–Trinajstić information content (AvgIpc) is 2.64. The quantitative estimate of drug-likeness (QED) is 0.773. The number of carbonyl (C=O) groups excluding carboxylic acids is 1. The first-order chi connectivity index (χ1) is 12.6. The lowest BCUT2D eigenvalue weighted by Gasteiger charge is -2.37. The van der Waals surface area contributed by atoms with Gasteiger partial charge in [-0.15, -0.1) is 0 Å². The number of hydrogen-bond donors (Lipinski definition) is 2. The summed E-state index contributed by atoms with van der Waals surface area (Å²) in [6, 6.07) is 17.1. The Morgan fingerprint density at radius 3 is 2.42 bits per heavy atom. The Kier molecular flexibility index (Phi) is 6.06. The Balaban J connectivity index is 1.51. The lowest BCUT2D eigenvalue weighted by Crippen LogP contribution is -2.46. The van der Waals surface area contributed by atoms with Crippen molar-refractivity contribution in [1.82, 2.24) is 4.90 Å². The molecular formula is C20H24N2O3S. The maximum Gasteiger partial charge on any atom is 0.321 e. The van der Waals surface area contributed by atoms with Gasteiger partial charge in [0.05, 0.1) is 6.61 Å². The summed E-state index contributed by atoms with van der Waals surface area (Å²) >= 11 is 1.47. The Morgan fingerprint density at radius 1 is 1.15 bits per heavy atom. The highest BCUT2D eigenvalue weighted by Crippen LogP contribution is 2.38. The maximum absolute atomic E-state index is 12.4. The Morgan fingerprint density at radius 2 is 1.81 bits per heavy atom. The van der Waals surface area contributed by atoms with E-state index >= 15 is 0 Å². The standard InChI is InChI=1S/C20H24N2O3S/c1-2-25-17-10-8-16(9-11-17)21-19(23)22-14-12-20(24,13-15-22)26-18-6-4-3-5-7-18/h3-11,24H,2,12-15H2,1H3,(H,21,23). The molecule has 26 heavy (non-hydrogen) atoms. The lowest BCUT2D eigenvalue weighted by molar-refractivity contribution is 0.0683. The minimum absolute atomic E-state index is 0.138. The Bertz CT molecular complexity index is 714. The predicted octanol–water partition coefficient (Wildman–Crippen LogP) is 4.19. The van der Waals surface area contributed by atoms with Crippen LogP contribution in [0.4, 0.5) is 10.5 Å². The van der Waals surface area contributed by atoms with E-state index in [-0.39, 0.29) is 6.03 Å². The third kappa shape index (κ3) is 4.93. The van der Waals surface area contributed by atoms with Crippen molar-refractivity contribution in [2.45, 2.75) is 29.6 Å². The van der Waals surface area contributed by atoms with Gasteiger partial charge < -0.3 is 20.1 Å². The van der Waals surface area contributed by atoms with E-state index in [1.54, 1.807) is 4.90 Å². The van der Waals surface area contributed by atoms with Gasteiger partial charge in [0.2, 0.25) is 0 Å². The molecule has 1 saturated heterocycles. The Hall–Kier alpha value is -2.18. The van der Waals surface area contributed by atoms with Crippen LogP contribution in [-0.4, -0.2) is 40.7 Å². The van der Waals surface area contributed by atoms with Crippen LogP contribution < -0.4 is 10.1 Å². The van der Waals surface area contributed by atoms with Crippen molar-refractivity contribution >= 4 is 23.5 Å². The second-order valence-electron chi connectivity index (χ2n) is 6.24. The second-order valence-corrected chi connectivity index (χ2v) is 7.67. The van der Waals surface area contributed by atoms with E-state index in [1.165, 1.54) is 11.8 Å². The molecule has 2 amide bonds. The summed E-state index contributed by atoms with van der Waals surface area (Å²) in [5.74, 6) is 0.784. The normalized spacial score (nSPS) is 16.2. The molecule has 2 N–H and O–H groups in total. The molecule has 0 saturated carbocycles. The molecule has 0 spiro atoms. The summed E-state index contributed by atoms with van der Waals surface area (Å²) in [5.41, 5.74) is 0.734. The smallest absolute Gasteiger partial charge is 0.321 e. The van der Waals surface area contributed by atoms with Gasteiger partial charge >= 0.3 is 6.03 Å². The third-order valence-electron chi connectivity index (χ3n) is 4.30. The molecule has 5 nitrogen and oxygen atoms in total. The van der Waals surface area contributed by atoms with E-state index in [2.05, 4.69) is 5.32 Å². The van der Waals surface area contributed by atoms with E-state index < -0.39 is 4.93 Å². The predicted molar refractivity (Wildman–Crippen MR) is 105 cm³/mol. The number of urea groups is 1. The van der Waals surface area contributed by atoms with Crippen LogP contribution in [0.3, 0.4) is 0 Å². The molecule has 0 bridgehead atoms. The van der Waals surface area contributed by atoms with Crippen LogP contribution in [0.15, 0.2) is 59.5 Å². The highest BCUT2D eigenvalue weighted by Gasteiger charge is 2.34. The summed E-state index contributed by atoms with van der Waals surface area (Å²) in [6.07, 6.45) is 1.09. The third-order valence-corrected chi connectivity index (χ3v) is 5.60. The van der Waals surface area contributed by atoms with Crippen LogP contribution in [-0.2, 0) is 0 Å². The SMILES string of the molecule is CCOc1ccc(NC(=O)N2CCC(O)(Sc3ccccc3)CC2)cc1. The van der Waals surface area contributed by atoms with Crippen molar-refractivity contribution in [3.8, 4) is 5.75 Å². The van der Waals surface area contributed by atoms with Crippen LogP contribution in [0.1, 0.15) is 19.8 Å². The zero-order valence-electron chi connectivity index (χ0n) is 14.9. The maximum atomic E-state index is 12.4. The molecule has 0 radical (unpaired) electrons. The van der Waals surface area contributed by atoms with Gasteiger partial charge in [-0.05, 0) is 43.3 Å². The summed E-state index contributed by atoms with van der Waals surface area (Å²) in [4.78, 5) is 14.4. The zero-order chi connectivity index (χ0) is 18.4. The first-order valence-electron chi connectivity index (χ1n) is 8.83. The van der Waals surface area contributed by atoms with Gasteiger partial charge in [0.15, 0.2) is 0 Å². The minimum Gasteiger partial charge on any atom is -0.494 e. The summed E-state index contributed by atoms with van der Waals surface area (Å²) in [5, 5.41) is 13.7. The van der Waals surface area contributed by atoms with Crippen molar-refractivity contribution < 1.29 is 14.6 Å². The second kappa shape index (κ2) is 8.47. The molecule has 1 fully saturated rings. The number of anilines is 1. The van der Waals surface area contributed by atoms with Crippen LogP contribution in [0.5, 0.6) is 5.75 Å². The first-order valence-corrected chi connectivity index (χ1v) is 9.65. The molecule has 1 heterocycles. The topological polar surface area (TPSA) is 61.8 Å². The number of nitrogens with zero attached hydrogens (tertiary/aromatic N) is 1. The zero-order valence-corrected chi connectivity index (χ0v) is 15.7. The van der Waals surface area contributed by atoms with Crippen LogP contribution in [0.2, 0.25) is 0 Å². The van der Waals surface area contributed by atoms with Crippen molar-refractivity contribution in [2.75, 3.05) is 25.0 Å². The van der Waals surface area contributed by atoms with Crippen molar-refractivity contribution in [3.05, 3.63) is 54.6 Å². The van der Waals surface area contributed by atoms with Crippen molar-refractivity contribution in [3.63, 3.8) is 0 Å². The van der Waals surface area contributed by atoms with Gasteiger partial charge in [-0.25, -0.2) is 4.79 Å². The fraction of sp³-hybridized carbons (Fsp3) is 0.350. The molecule has 2 aromatic carbocycles. The highest BCUT2D eigenvalue weighted by molar-refractivity contribution is 8.00. The molecule has 138 valence electrons. The molecule has 0 unspecified atom stereocenters. The van der Waals surface area contributed by atoms with E-state index in [4.69, 9.17) is 4.74 Å². The van der Waals surface area contributed by atoms with Crippen molar-refractivity contribution in [1.29, 1.82) is 0 Å². The monoisotopic (exact) mass is 372 g/mol. The number of hydrogen-bond acceptors (Lipinski definition) is 4. The molecule has 6 heteroatoms. The number of carbonyl (C=O) groups is 1. The van der Waals surface area contributed by atoms with Gasteiger partial charge in [-0.2, -0.15) is 0 Å². The van der Waals surface area contributed by atoms with Crippen LogP contribution >= 0.6 is 11.8 Å². The largest absolute Gasteiger partial charge is 0.494 e. The molecular weight excluding hydrogens is 348 g/mol. The number of amides is 2. The minimum atomic E-state index is -0.822. The molecule has 3 rings (SSSR count). The number of rotatable bonds is 5. The number of benzene rings is 2. The van der Waals surface area contributed by atoms with Gasteiger partial charge in [0.25, 0.3) is 0 Å². The fourth-order valence-corrected chi connectivity index (χ4v) is 3.99. The van der Waals surface area contributed by atoms with Gasteiger partial charge in [0.1, 0.15) is 10.7 Å². The highest BCUT2D eigenvalue weighted by atomic mass is 32.2. The number of nitrogens with one attached hydrogen (secondary N) is 1. The number of ether oxygens (including phenoxy) is 1. The van der Waals surface area contributed by atoms with Gasteiger partial charge in [-0.3, -0.25) is 0 Å². The molecule has 1 aliphatic heterocycles. The fourth-order valence-electron chi connectivity index (χ4n) is 2.87. The van der Waals surface area contributed by atoms with E-state index in [0.29, 0.717) is 32.5 Å². The Labute approximate surface area is 158 Å². The summed E-state index contributed by atoms with van der Waals surface area (Å²) in [7, 11) is 0. The summed E-state index contributed by atoms with van der Waals surface area (Å²) in [6.45, 7) is 3.60. The van der Waals surface area contributed by atoms with E-state index in [0.717, 1.165) is 16.3 Å². The molecule has 0 aliphatic carbocycles. The van der Waals surface area contributed by atoms with E-state index in [1.807, 2.05) is 61.5 Å². The van der Waals surface area contributed by atoms with Crippen molar-refractivity contribution in [2.24, 2.45) is 0 Å². The number of likely N-dealkylation sites (tertiary alicyclic amines) is 1. The average molecular weight is 372 g/mol. The number of piperidine rings is 1. The summed E-state index contributed by atoms with van der Waals surface area (Å²) < 4.78 is 5.40. The van der Waals surface area contributed by atoms with Gasteiger partial charge in [0, 0.05) is 36.5 Å². The molecule has 1 aliphatic rings. The number of aliphatic hydroxyl groups is 1. The van der Waals surface area contributed by atoms with Crippen LogP contribution in [0, 0.1) is 0 Å². The molecule has 2 aromatic rings.